The minimum atomic E-state index is -3.54. The first-order chi connectivity index (χ1) is 24.5. The molecule has 0 spiro atoms. The Labute approximate surface area is 295 Å². The number of benzene rings is 2. The van der Waals surface area contributed by atoms with Crippen LogP contribution in [0.5, 0.6) is 17.2 Å². The summed E-state index contributed by atoms with van der Waals surface area (Å²) in [5.74, 6) is 1.69. The van der Waals surface area contributed by atoms with E-state index in [0.29, 0.717) is 64.0 Å². The van der Waals surface area contributed by atoms with Gasteiger partial charge in [0, 0.05) is 67.8 Å². The molecule has 1 saturated heterocycles. The number of aromatic nitrogens is 4. The minimum absolute atomic E-state index is 0.0775. The third-order valence-electron chi connectivity index (χ3n) is 8.67. The number of nitrogens with one attached hydrogen (secondary N) is 1. The standard InChI is InChI=1S/C36H40N6O8S/c1-5-51(45,46)39-24-9-10-32(29(19-24)30-23-41(3)35(43)34-28(30)13-14-40(34)2)50-27-8-6-7-26(20-27)49-18-17-48-25-11-15-42(16-12-25)33-22-37-31(21-38-33)36(44)47-4/h6-10,13-14,19-23,25,39H,5,11-12,15-18H2,1-4H3. The number of sulfonamides is 1. The average molecular weight is 717 g/mol. The van der Waals surface area contributed by atoms with E-state index in [1.807, 2.05) is 31.4 Å². The molecule has 2 aromatic carbocycles. The summed E-state index contributed by atoms with van der Waals surface area (Å²) in [6.45, 7) is 3.81. The Morgan fingerprint density at radius 2 is 1.75 bits per heavy atom. The summed E-state index contributed by atoms with van der Waals surface area (Å²) in [4.78, 5) is 35.2. The molecule has 6 rings (SSSR count). The molecule has 0 aliphatic carbocycles. The van der Waals surface area contributed by atoms with Crippen molar-refractivity contribution in [2.45, 2.75) is 25.9 Å². The van der Waals surface area contributed by atoms with E-state index in [1.54, 1.807) is 61.3 Å². The van der Waals surface area contributed by atoms with Crippen LogP contribution in [0.1, 0.15) is 30.3 Å². The van der Waals surface area contributed by atoms with E-state index >= 15 is 0 Å². The maximum absolute atomic E-state index is 13.0. The van der Waals surface area contributed by atoms with Gasteiger partial charge in [-0.3, -0.25) is 9.52 Å². The Balaban J connectivity index is 1.10. The molecule has 0 radical (unpaired) electrons. The second-order valence-corrected chi connectivity index (χ2v) is 14.1. The van der Waals surface area contributed by atoms with Gasteiger partial charge in [0.1, 0.15) is 35.2 Å². The molecule has 1 N–H and O–H groups in total. The van der Waals surface area contributed by atoms with Crippen LogP contribution in [0, 0.1) is 0 Å². The van der Waals surface area contributed by atoms with Gasteiger partial charge in [-0.25, -0.2) is 23.2 Å². The average Bonchev–Trinajstić information content (AvgIpc) is 3.53. The van der Waals surface area contributed by atoms with E-state index in [0.717, 1.165) is 25.9 Å². The lowest BCUT2D eigenvalue weighted by Crippen LogP contribution is -2.38. The SMILES string of the molecule is CCS(=O)(=O)Nc1ccc(Oc2cccc(OCCOC3CCN(c4cnc(C(=O)OC)cn4)CC3)c2)c(-c2cn(C)c(=O)c3c2ccn3C)c1. The van der Waals surface area contributed by atoms with Crippen LogP contribution in [-0.2, 0) is 33.6 Å². The molecular formula is C36H40N6O8S. The molecule has 3 aromatic heterocycles. The van der Waals surface area contributed by atoms with Gasteiger partial charge in [-0.2, -0.15) is 0 Å². The van der Waals surface area contributed by atoms with Crippen LogP contribution in [0.25, 0.3) is 22.0 Å². The van der Waals surface area contributed by atoms with Gasteiger partial charge in [0.25, 0.3) is 5.56 Å². The number of ether oxygens (including phenoxy) is 4. The third-order valence-corrected chi connectivity index (χ3v) is 9.98. The van der Waals surface area contributed by atoms with Crippen LogP contribution in [0.3, 0.4) is 0 Å². The Hall–Kier alpha value is -5.41. The van der Waals surface area contributed by atoms with Gasteiger partial charge in [0.15, 0.2) is 5.69 Å². The number of rotatable bonds is 13. The normalized spacial score (nSPS) is 13.7. The highest BCUT2D eigenvalue weighted by Crippen LogP contribution is 2.39. The van der Waals surface area contributed by atoms with Gasteiger partial charge in [-0.05, 0) is 56.2 Å². The van der Waals surface area contributed by atoms with Crippen molar-refractivity contribution in [2.24, 2.45) is 14.1 Å². The van der Waals surface area contributed by atoms with E-state index in [-0.39, 0.29) is 23.1 Å². The van der Waals surface area contributed by atoms with E-state index in [1.165, 1.54) is 17.9 Å². The summed E-state index contributed by atoms with van der Waals surface area (Å²) in [5.41, 5.74) is 2.23. The van der Waals surface area contributed by atoms with Crippen LogP contribution < -0.4 is 24.7 Å². The second kappa shape index (κ2) is 15.2. The quantitative estimate of drug-likeness (QED) is 0.133. The smallest absolute Gasteiger partial charge is 0.358 e. The predicted octanol–water partition coefficient (Wildman–Crippen LogP) is 4.74. The summed E-state index contributed by atoms with van der Waals surface area (Å²) in [7, 11) is 1.26. The molecular weight excluding hydrogens is 676 g/mol. The molecule has 0 bridgehead atoms. The molecule has 0 atom stereocenters. The van der Waals surface area contributed by atoms with Crippen molar-refractivity contribution < 1.29 is 32.2 Å². The molecule has 1 fully saturated rings. The monoisotopic (exact) mass is 716 g/mol. The molecule has 0 amide bonds. The van der Waals surface area contributed by atoms with E-state index in [9.17, 15) is 18.0 Å². The number of pyridine rings is 1. The van der Waals surface area contributed by atoms with Crippen molar-refractivity contribution >= 4 is 38.4 Å². The van der Waals surface area contributed by atoms with Gasteiger partial charge < -0.3 is 33.0 Å². The molecule has 0 saturated carbocycles. The second-order valence-electron chi connectivity index (χ2n) is 12.1. The molecule has 15 heteroatoms. The van der Waals surface area contributed by atoms with Gasteiger partial charge in [0.2, 0.25) is 10.0 Å². The summed E-state index contributed by atoms with van der Waals surface area (Å²) < 4.78 is 53.9. The highest BCUT2D eigenvalue weighted by Gasteiger charge is 2.22. The predicted molar refractivity (Wildman–Crippen MR) is 193 cm³/mol. The van der Waals surface area contributed by atoms with Crippen LogP contribution in [0.2, 0.25) is 0 Å². The van der Waals surface area contributed by atoms with E-state index < -0.39 is 16.0 Å². The number of esters is 1. The van der Waals surface area contributed by atoms with Gasteiger partial charge in [-0.1, -0.05) is 6.07 Å². The van der Waals surface area contributed by atoms with Crippen molar-refractivity contribution in [2.75, 3.05) is 48.8 Å². The number of carbonyl (C=O) groups excluding carboxylic acids is 1. The zero-order valence-electron chi connectivity index (χ0n) is 28.9. The molecule has 0 unspecified atom stereocenters. The molecule has 268 valence electrons. The van der Waals surface area contributed by atoms with Crippen LogP contribution in [0.4, 0.5) is 11.5 Å². The first-order valence-corrected chi connectivity index (χ1v) is 18.2. The molecule has 1 aliphatic rings. The fourth-order valence-electron chi connectivity index (χ4n) is 5.94. The third kappa shape index (κ3) is 8.15. The molecule has 5 aromatic rings. The zero-order chi connectivity index (χ0) is 36.1. The summed E-state index contributed by atoms with van der Waals surface area (Å²) in [6.07, 6.45) is 8.26. The highest BCUT2D eigenvalue weighted by atomic mass is 32.2. The number of hydrogen-bond donors (Lipinski definition) is 1. The number of nitrogens with zero attached hydrogens (tertiary/aromatic N) is 5. The van der Waals surface area contributed by atoms with Crippen LogP contribution >= 0.6 is 0 Å². The van der Waals surface area contributed by atoms with Crippen molar-refractivity contribution in [3.63, 3.8) is 0 Å². The summed E-state index contributed by atoms with van der Waals surface area (Å²) >= 11 is 0. The van der Waals surface area contributed by atoms with Gasteiger partial charge in [0.05, 0.1) is 38.0 Å². The summed E-state index contributed by atoms with van der Waals surface area (Å²) in [5, 5.41) is 0.715. The van der Waals surface area contributed by atoms with Crippen molar-refractivity contribution in [1.82, 2.24) is 19.1 Å². The number of anilines is 2. The highest BCUT2D eigenvalue weighted by molar-refractivity contribution is 7.92. The number of piperidine rings is 1. The Bertz CT molecular complexity index is 2190. The van der Waals surface area contributed by atoms with Gasteiger partial charge in [-0.15, -0.1) is 0 Å². The van der Waals surface area contributed by atoms with Crippen molar-refractivity contribution in [3.05, 3.63) is 89.4 Å². The minimum Gasteiger partial charge on any atom is -0.491 e. The number of hydrogen-bond acceptors (Lipinski definition) is 11. The maximum atomic E-state index is 13.0. The topological polar surface area (TPSA) is 156 Å². The maximum Gasteiger partial charge on any atom is 0.358 e. The largest absolute Gasteiger partial charge is 0.491 e. The van der Waals surface area contributed by atoms with Crippen LogP contribution in [0.15, 0.2) is 78.1 Å². The van der Waals surface area contributed by atoms with Crippen molar-refractivity contribution in [1.29, 1.82) is 0 Å². The van der Waals surface area contributed by atoms with E-state index in [2.05, 4.69) is 24.3 Å². The van der Waals surface area contributed by atoms with Crippen LogP contribution in [-0.4, -0.2) is 78.8 Å². The fourth-order valence-corrected chi connectivity index (χ4v) is 6.57. The lowest BCUT2D eigenvalue weighted by Gasteiger charge is -2.32. The first-order valence-electron chi connectivity index (χ1n) is 16.5. The van der Waals surface area contributed by atoms with Gasteiger partial charge >= 0.3 is 5.97 Å². The fraction of sp³-hybridized carbons (Fsp3) is 0.333. The molecule has 4 heterocycles. The Morgan fingerprint density at radius 3 is 2.47 bits per heavy atom. The molecule has 1 aliphatic heterocycles. The van der Waals surface area contributed by atoms with E-state index in [4.69, 9.17) is 14.2 Å². The van der Waals surface area contributed by atoms with Crippen molar-refractivity contribution in [3.8, 4) is 28.4 Å². The number of aryl methyl sites for hydroxylation is 2. The number of carbonyl (C=O) groups is 1. The first kappa shape index (κ1) is 35.4. The number of fused-ring (bicyclic) bond motifs is 1. The lowest BCUT2D eigenvalue weighted by molar-refractivity contribution is 0.0202. The Morgan fingerprint density at radius 1 is 0.961 bits per heavy atom. The molecule has 51 heavy (non-hydrogen) atoms. The Kier molecular flexibility index (Phi) is 10.6. The lowest BCUT2D eigenvalue weighted by atomic mass is 10.0. The molecule has 14 nitrogen and oxygen atoms in total. The summed E-state index contributed by atoms with van der Waals surface area (Å²) in [6, 6.07) is 14.2. The number of methoxy groups -OCH3 is 1. The zero-order valence-corrected chi connectivity index (χ0v) is 29.7.